The highest BCUT2D eigenvalue weighted by molar-refractivity contribution is 5.97. The first-order valence-corrected chi connectivity index (χ1v) is 5.67. The smallest absolute Gasteiger partial charge is 0.195 e. The maximum atomic E-state index is 13.8. The van der Waals surface area contributed by atoms with Crippen LogP contribution >= 0.6 is 0 Å². The molecule has 0 radical (unpaired) electrons. The Morgan fingerprint density at radius 1 is 1.39 bits per heavy atom. The van der Waals surface area contributed by atoms with E-state index in [2.05, 4.69) is 4.99 Å². The van der Waals surface area contributed by atoms with Crippen LogP contribution in [0.15, 0.2) is 11.1 Å². The molecule has 0 saturated carbocycles. The Bertz CT molecular complexity index is 511. The molecule has 0 fully saturated rings. The molecular formula is C12H16F2N4. The summed E-state index contributed by atoms with van der Waals surface area (Å²) in [6.07, 6.45) is 0. The van der Waals surface area contributed by atoms with Gasteiger partial charge in [0.05, 0.1) is 17.9 Å². The Balaban J connectivity index is 2.59. The summed E-state index contributed by atoms with van der Waals surface area (Å²) in [6.45, 7) is 2.91. The summed E-state index contributed by atoms with van der Waals surface area (Å²) >= 11 is 0. The molecule has 6 heteroatoms. The van der Waals surface area contributed by atoms with Crippen molar-refractivity contribution in [2.75, 3.05) is 37.0 Å². The normalized spacial score (nSPS) is 14.9. The van der Waals surface area contributed by atoms with E-state index >= 15 is 0 Å². The van der Waals surface area contributed by atoms with Gasteiger partial charge in [-0.15, -0.1) is 0 Å². The molecule has 0 amide bonds. The molecule has 1 aliphatic rings. The molecular weight excluding hydrogens is 238 g/mol. The van der Waals surface area contributed by atoms with E-state index in [0.717, 1.165) is 0 Å². The molecule has 2 rings (SSSR count). The minimum Gasteiger partial charge on any atom is -0.375 e. The van der Waals surface area contributed by atoms with Crippen LogP contribution in [0, 0.1) is 18.6 Å². The van der Waals surface area contributed by atoms with Crippen molar-refractivity contribution in [2.45, 2.75) is 6.92 Å². The molecule has 0 unspecified atom stereocenters. The van der Waals surface area contributed by atoms with Crippen LogP contribution in [0.3, 0.4) is 0 Å². The number of benzene rings is 1. The minimum absolute atomic E-state index is 0.240. The number of nitrogens with two attached hydrogens (primary N) is 1. The third-order valence-corrected chi connectivity index (χ3v) is 3.03. The fraction of sp³-hybridized carbons (Fsp3) is 0.417. The van der Waals surface area contributed by atoms with E-state index in [1.54, 1.807) is 30.8 Å². The van der Waals surface area contributed by atoms with Crippen LogP contribution in [0.2, 0.25) is 0 Å². The number of rotatable bonds is 2. The molecule has 1 aliphatic heterocycles. The van der Waals surface area contributed by atoms with Gasteiger partial charge in [0.15, 0.2) is 17.6 Å². The first-order valence-electron chi connectivity index (χ1n) is 5.67. The monoisotopic (exact) mass is 254 g/mol. The van der Waals surface area contributed by atoms with Crippen LogP contribution < -0.4 is 15.5 Å². The van der Waals surface area contributed by atoms with E-state index < -0.39 is 11.6 Å². The number of halogens is 2. The van der Waals surface area contributed by atoms with E-state index in [-0.39, 0.29) is 5.69 Å². The predicted molar refractivity (Wildman–Crippen MR) is 69.3 cm³/mol. The Labute approximate surface area is 105 Å². The number of anilines is 2. The fourth-order valence-corrected chi connectivity index (χ4v) is 2.21. The molecule has 1 heterocycles. The lowest BCUT2D eigenvalue weighted by Crippen LogP contribution is -2.34. The highest BCUT2D eigenvalue weighted by Gasteiger charge is 2.23. The number of nitrogens with zero attached hydrogens (tertiary/aromatic N) is 3. The Morgan fingerprint density at radius 2 is 2.06 bits per heavy atom. The second-order valence-electron chi connectivity index (χ2n) is 4.45. The van der Waals surface area contributed by atoms with Crippen LogP contribution in [0.4, 0.5) is 20.2 Å². The van der Waals surface area contributed by atoms with E-state index in [1.165, 1.54) is 6.07 Å². The Kier molecular flexibility index (Phi) is 3.11. The van der Waals surface area contributed by atoms with Gasteiger partial charge in [0.2, 0.25) is 0 Å². The van der Waals surface area contributed by atoms with E-state index in [9.17, 15) is 8.78 Å². The summed E-state index contributed by atoms with van der Waals surface area (Å²) < 4.78 is 27.4. The molecule has 0 aliphatic carbocycles. The van der Waals surface area contributed by atoms with Gasteiger partial charge in [-0.3, -0.25) is 4.99 Å². The number of hydrogen-bond acceptors (Lipinski definition) is 4. The SMILES string of the molecule is Cc1c(N2CCN=C2N)cc(F)c(F)c1N(C)C. The van der Waals surface area contributed by atoms with Gasteiger partial charge in [-0.2, -0.15) is 0 Å². The molecule has 0 bridgehead atoms. The molecule has 18 heavy (non-hydrogen) atoms. The Morgan fingerprint density at radius 3 is 2.56 bits per heavy atom. The lowest BCUT2D eigenvalue weighted by Gasteiger charge is -2.25. The van der Waals surface area contributed by atoms with Crippen molar-refractivity contribution < 1.29 is 8.78 Å². The van der Waals surface area contributed by atoms with Crippen LogP contribution in [-0.2, 0) is 0 Å². The van der Waals surface area contributed by atoms with Crippen LogP contribution in [-0.4, -0.2) is 33.1 Å². The van der Waals surface area contributed by atoms with Crippen molar-refractivity contribution in [3.8, 4) is 0 Å². The van der Waals surface area contributed by atoms with Crippen LogP contribution in [0.25, 0.3) is 0 Å². The first-order chi connectivity index (χ1) is 8.43. The van der Waals surface area contributed by atoms with Gasteiger partial charge in [0, 0.05) is 26.7 Å². The second kappa shape index (κ2) is 4.44. The summed E-state index contributed by atoms with van der Waals surface area (Å²) in [4.78, 5) is 7.31. The molecule has 98 valence electrons. The molecule has 2 N–H and O–H groups in total. The molecule has 0 aromatic heterocycles. The fourth-order valence-electron chi connectivity index (χ4n) is 2.21. The van der Waals surface area contributed by atoms with E-state index in [1.807, 2.05) is 0 Å². The lowest BCUT2D eigenvalue weighted by molar-refractivity contribution is 0.508. The highest BCUT2D eigenvalue weighted by Crippen LogP contribution is 2.33. The first kappa shape index (κ1) is 12.6. The number of hydrogen-bond donors (Lipinski definition) is 1. The molecule has 0 atom stereocenters. The van der Waals surface area contributed by atoms with Crippen molar-refractivity contribution in [3.05, 3.63) is 23.3 Å². The summed E-state index contributed by atoms with van der Waals surface area (Å²) in [5.41, 5.74) is 7.20. The topological polar surface area (TPSA) is 44.9 Å². The molecule has 0 saturated heterocycles. The average molecular weight is 254 g/mol. The van der Waals surface area contributed by atoms with Crippen molar-refractivity contribution >= 4 is 17.3 Å². The maximum absolute atomic E-state index is 13.8. The van der Waals surface area contributed by atoms with Crippen molar-refractivity contribution in [1.29, 1.82) is 0 Å². The quantitative estimate of drug-likeness (QED) is 0.869. The van der Waals surface area contributed by atoms with Crippen LogP contribution in [0.5, 0.6) is 0 Å². The molecule has 0 spiro atoms. The number of guanidine groups is 1. The largest absolute Gasteiger partial charge is 0.375 e. The third kappa shape index (κ3) is 1.87. The van der Waals surface area contributed by atoms with Crippen molar-refractivity contribution in [1.82, 2.24) is 0 Å². The van der Waals surface area contributed by atoms with E-state index in [0.29, 0.717) is 30.3 Å². The number of aliphatic imine (C=N–C) groups is 1. The molecule has 1 aromatic rings. The second-order valence-corrected chi connectivity index (χ2v) is 4.45. The van der Waals surface area contributed by atoms with Gasteiger partial charge in [-0.1, -0.05) is 0 Å². The van der Waals surface area contributed by atoms with Gasteiger partial charge in [-0.25, -0.2) is 8.78 Å². The Hall–Kier alpha value is -1.85. The van der Waals surface area contributed by atoms with E-state index in [4.69, 9.17) is 5.73 Å². The highest BCUT2D eigenvalue weighted by atomic mass is 19.2. The van der Waals surface area contributed by atoms with Gasteiger partial charge in [-0.05, 0) is 12.5 Å². The maximum Gasteiger partial charge on any atom is 0.195 e. The van der Waals surface area contributed by atoms with Crippen LogP contribution in [0.1, 0.15) is 5.56 Å². The van der Waals surface area contributed by atoms with Gasteiger partial charge in [0.1, 0.15) is 0 Å². The zero-order chi connectivity index (χ0) is 13.4. The summed E-state index contributed by atoms with van der Waals surface area (Å²) in [7, 11) is 3.35. The zero-order valence-electron chi connectivity index (χ0n) is 10.7. The van der Waals surface area contributed by atoms with Gasteiger partial charge in [0.25, 0.3) is 0 Å². The minimum atomic E-state index is -0.876. The molecule has 1 aromatic carbocycles. The zero-order valence-corrected chi connectivity index (χ0v) is 10.7. The lowest BCUT2D eigenvalue weighted by atomic mass is 10.1. The van der Waals surface area contributed by atoms with Gasteiger partial charge >= 0.3 is 0 Å². The standard InChI is InChI=1S/C12H16F2N4/c1-7-9(18-5-4-16-12(18)15)6-8(13)10(14)11(7)17(2)3/h6H,4-5H2,1-3H3,(H2,15,16). The third-order valence-electron chi connectivity index (χ3n) is 3.03. The predicted octanol–water partition coefficient (Wildman–Crippen LogP) is 1.47. The average Bonchev–Trinajstić information content (AvgIpc) is 2.70. The summed E-state index contributed by atoms with van der Waals surface area (Å²) in [6, 6.07) is 1.17. The van der Waals surface area contributed by atoms with Crippen molar-refractivity contribution in [2.24, 2.45) is 10.7 Å². The molecule has 4 nitrogen and oxygen atoms in total. The van der Waals surface area contributed by atoms with Crippen molar-refractivity contribution in [3.63, 3.8) is 0 Å². The summed E-state index contributed by atoms with van der Waals surface area (Å²) in [5.74, 6) is -1.37. The summed E-state index contributed by atoms with van der Waals surface area (Å²) in [5, 5.41) is 0. The van der Waals surface area contributed by atoms with Gasteiger partial charge < -0.3 is 15.5 Å².